The van der Waals surface area contributed by atoms with Crippen LogP contribution in [0.3, 0.4) is 0 Å². The van der Waals surface area contributed by atoms with Crippen LogP contribution in [0.25, 0.3) is 0 Å². The van der Waals surface area contributed by atoms with Gasteiger partial charge in [0.2, 0.25) is 5.91 Å². The number of nitrogens with one attached hydrogen (secondary N) is 1. The van der Waals surface area contributed by atoms with Crippen molar-refractivity contribution in [3.8, 4) is 0 Å². The topological polar surface area (TPSA) is 92.1 Å². The molecule has 1 aromatic rings. The van der Waals surface area contributed by atoms with E-state index in [4.69, 9.17) is 5.73 Å². The van der Waals surface area contributed by atoms with Crippen LogP contribution >= 0.6 is 11.8 Å². The van der Waals surface area contributed by atoms with Crippen LogP contribution in [0.15, 0.2) is 16.0 Å². The molecule has 0 aliphatic carbocycles. The molecule has 2 heterocycles. The Labute approximate surface area is 122 Å². The molecule has 2 rings (SSSR count). The van der Waals surface area contributed by atoms with Gasteiger partial charge in [-0.2, -0.15) is 0 Å². The lowest BCUT2D eigenvalue weighted by Crippen LogP contribution is -2.43. The number of nitrogens with zero attached hydrogens (tertiary/aromatic N) is 2. The monoisotopic (exact) mass is 296 g/mol. The second kappa shape index (κ2) is 6.30. The molecule has 20 heavy (non-hydrogen) atoms. The zero-order valence-corrected chi connectivity index (χ0v) is 12.6. The molecular weight excluding hydrogens is 276 g/mol. The third-order valence-corrected chi connectivity index (χ3v) is 4.15. The highest BCUT2D eigenvalue weighted by atomic mass is 32.2. The van der Waals surface area contributed by atoms with E-state index in [-0.39, 0.29) is 23.0 Å². The molecule has 110 valence electrons. The number of nitrogen functional groups attached to an aromatic ring is 1. The van der Waals surface area contributed by atoms with Crippen molar-refractivity contribution in [1.82, 2.24) is 14.9 Å². The summed E-state index contributed by atoms with van der Waals surface area (Å²) in [7, 11) is 0. The van der Waals surface area contributed by atoms with Crippen molar-refractivity contribution in [3.63, 3.8) is 0 Å². The average Bonchev–Trinajstić information content (AvgIpc) is 2.33. The van der Waals surface area contributed by atoms with Gasteiger partial charge in [-0.1, -0.05) is 25.6 Å². The van der Waals surface area contributed by atoms with E-state index in [0.29, 0.717) is 17.0 Å². The maximum absolute atomic E-state index is 12.2. The standard InChI is InChI=1S/C13H20N4O2S/c1-8-3-9(2)6-17(5-8)12(19)7-20-13-15-10(14)4-11(18)16-13/h4,8-9H,3,5-7H2,1-2H3,(H3,14,15,16,18)/t8-,9+. The summed E-state index contributed by atoms with van der Waals surface area (Å²) in [6.07, 6.45) is 1.17. The first-order valence-electron chi connectivity index (χ1n) is 6.71. The molecule has 6 nitrogen and oxygen atoms in total. The van der Waals surface area contributed by atoms with Crippen LogP contribution in [0.1, 0.15) is 20.3 Å². The van der Waals surface area contributed by atoms with Gasteiger partial charge in [-0.15, -0.1) is 0 Å². The molecule has 0 bridgehead atoms. The van der Waals surface area contributed by atoms with Crippen LogP contribution < -0.4 is 11.3 Å². The van der Waals surface area contributed by atoms with Crippen molar-refractivity contribution in [1.29, 1.82) is 0 Å². The number of aromatic amines is 1. The Morgan fingerprint density at radius 1 is 1.50 bits per heavy atom. The number of H-pyrrole nitrogens is 1. The predicted octanol–water partition coefficient (Wildman–Crippen LogP) is 0.949. The van der Waals surface area contributed by atoms with Gasteiger partial charge in [0.15, 0.2) is 5.16 Å². The van der Waals surface area contributed by atoms with Gasteiger partial charge in [0.1, 0.15) is 5.82 Å². The van der Waals surface area contributed by atoms with Crippen LogP contribution in [0.4, 0.5) is 5.82 Å². The van der Waals surface area contributed by atoms with Crippen molar-refractivity contribution >= 4 is 23.5 Å². The molecule has 0 aromatic carbocycles. The van der Waals surface area contributed by atoms with Crippen LogP contribution in [-0.2, 0) is 4.79 Å². The van der Waals surface area contributed by atoms with Crippen LogP contribution in [0.2, 0.25) is 0 Å². The molecule has 1 fully saturated rings. The Balaban J connectivity index is 1.93. The van der Waals surface area contributed by atoms with Gasteiger partial charge in [0, 0.05) is 19.2 Å². The number of hydrogen-bond acceptors (Lipinski definition) is 5. The molecule has 1 aromatic heterocycles. The van der Waals surface area contributed by atoms with Gasteiger partial charge in [-0.25, -0.2) is 4.98 Å². The van der Waals surface area contributed by atoms with Crippen LogP contribution in [0, 0.1) is 11.8 Å². The Bertz CT molecular complexity index is 535. The zero-order chi connectivity index (χ0) is 14.7. The first kappa shape index (κ1) is 14.9. The molecule has 0 saturated carbocycles. The van der Waals surface area contributed by atoms with Crippen molar-refractivity contribution in [3.05, 3.63) is 16.4 Å². The number of carbonyl (C=O) groups is 1. The second-order valence-electron chi connectivity index (χ2n) is 5.51. The smallest absolute Gasteiger partial charge is 0.253 e. The Morgan fingerprint density at radius 3 is 2.75 bits per heavy atom. The van der Waals surface area contributed by atoms with E-state index in [1.165, 1.54) is 24.2 Å². The average molecular weight is 296 g/mol. The van der Waals surface area contributed by atoms with E-state index in [9.17, 15) is 9.59 Å². The highest BCUT2D eigenvalue weighted by Gasteiger charge is 2.25. The Kier molecular flexibility index (Phi) is 4.69. The number of likely N-dealkylation sites (tertiary alicyclic amines) is 1. The van der Waals surface area contributed by atoms with Crippen molar-refractivity contribution < 1.29 is 4.79 Å². The summed E-state index contributed by atoms with van der Waals surface area (Å²) in [5, 5.41) is 0.390. The molecule has 1 aliphatic rings. The minimum Gasteiger partial charge on any atom is -0.383 e. The lowest BCUT2D eigenvalue weighted by atomic mass is 9.92. The maximum Gasteiger partial charge on any atom is 0.253 e. The normalized spacial score (nSPS) is 22.8. The summed E-state index contributed by atoms with van der Waals surface area (Å²) in [6.45, 7) is 5.95. The van der Waals surface area contributed by atoms with E-state index in [1.54, 1.807) is 0 Å². The van der Waals surface area contributed by atoms with Gasteiger partial charge in [-0.05, 0) is 18.3 Å². The summed E-state index contributed by atoms with van der Waals surface area (Å²) in [6, 6.07) is 1.22. The Hall–Kier alpha value is -1.50. The molecule has 1 amide bonds. The van der Waals surface area contributed by atoms with E-state index >= 15 is 0 Å². The number of thioether (sulfide) groups is 1. The number of aromatic nitrogens is 2. The minimum atomic E-state index is -0.298. The summed E-state index contributed by atoms with van der Waals surface area (Å²) in [4.78, 5) is 31.9. The fraction of sp³-hybridized carbons (Fsp3) is 0.615. The minimum absolute atomic E-state index is 0.0819. The van der Waals surface area contributed by atoms with Gasteiger partial charge < -0.3 is 15.6 Å². The second-order valence-corrected chi connectivity index (χ2v) is 6.47. The van der Waals surface area contributed by atoms with E-state index in [0.717, 1.165) is 13.1 Å². The van der Waals surface area contributed by atoms with E-state index in [1.807, 2.05) is 4.90 Å². The molecule has 1 saturated heterocycles. The summed E-state index contributed by atoms with van der Waals surface area (Å²) in [5.74, 6) is 1.60. The van der Waals surface area contributed by atoms with Crippen molar-refractivity contribution in [2.45, 2.75) is 25.4 Å². The van der Waals surface area contributed by atoms with Crippen molar-refractivity contribution in [2.24, 2.45) is 11.8 Å². The zero-order valence-electron chi connectivity index (χ0n) is 11.8. The SMILES string of the molecule is C[C@@H]1C[C@H](C)CN(C(=O)CSc2nc(N)cc(=O)[nH]2)C1. The van der Waals surface area contributed by atoms with E-state index < -0.39 is 0 Å². The fourth-order valence-corrected chi connectivity index (χ4v) is 3.40. The molecule has 2 atom stereocenters. The van der Waals surface area contributed by atoms with E-state index in [2.05, 4.69) is 23.8 Å². The number of hydrogen-bond donors (Lipinski definition) is 2. The lowest BCUT2D eigenvalue weighted by molar-refractivity contribution is -0.130. The fourth-order valence-electron chi connectivity index (χ4n) is 2.61. The summed E-state index contributed by atoms with van der Waals surface area (Å²) < 4.78 is 0. The van der Waals surface area contributed by atoms with Gasteiger partial charge in [0.05, 0.1) is 5.75 Å². The third kappa shape index (κ3) is 4.00. The number of carbonyl (C=O) groups excluding carboxylic acids is 1. The molecule has 0 spiro atoms. The molecule has 0 unspecified atom stereocenters. The predicted molar refractivity (Wildman–Crippen MR) is 79.5 cm³/mol. The summed E-state index contributed by atoms with van der Waals surface area (Å²) in [5.41, 5.74) is 5.21. The van der Waals surface area contributed by atoms with Crippen molar-refractivity contribution in [2.75, 3.05) is 24.6 Å². The molecular formula is C13H20N4O2S. The van der Waals surface area contributed by atoms with Crippen LogP contribution in [0.5, 0.6) is 0 Å². The quantitative estimate of drug-likeness (QED) is 0.640. The molecule has 1 aliphatic heterocycles. The number of anilines is 1. The molecule has 0 radical (unpaired) electrons. The highest BCUT2D eigenvalue weighted by molar-refractivity contribution is 7.99. The first-order chi connectivity index (χ1) is 9.44. The highest BCUT2D eigenvalue weighted by Crippen LogP contribution is 2.22. The van der Waals surface area contributed by atoms with Crippen LogP contribution in [-0.4, -0.2) is 39.6 Å². The number of nitrogens with two attached hydrogens (primary N) is 1. The number of rotatable bonds is 3. The number of piperidine rings is 1. The first-order valence-corrected chi connectivity index (χ1v) is 7.70. The van der Waals surface area contributed by atoms with Gasteiger partial charge in [0.25, 0.3) is 5.56 Å². The molecule has 7 heteroatoms. The molecule has 3 N–H and O–H groups in total. The van der Waals surface area contributed by atoms with Gasteiger partial charge >= 0.3 is 0 Å². The van der Waals surface area contributed by atoms with Gasteiger partial charge in [-0.3, -0.25) is 9.59 Å². The lowest BCUT2D eigenvalue weighted by Gasteiger charge is -2.34. The maximum atomic E-state index is 12.2. The largest absolute Gasteiger partial charge is 0.383 e. The Morgan fingerprint density at radius 2 is 2.15 bits per heavy atom. The third-order valence-electron chi connectivity index (χ3n) is 3.29. The summed E-state index contributed by atoms with van der Waals surface area (Å²) >= 11 is 1.22. The number of amides is 1.